The number of nitrogens with zero attached hydrogens (tertiary/aromatic N) is 1. The summed E-state index contributed by atoms with van der Waals surface area (Å²) in [6, 6.07) is -0.115. The Morgan fingerprint density at radius 3 is 2.31 bits per heavy atom. The predicted molar refractivity (Wildman–Crippen MR) is 45.4 cm³/mol. The molecule has 0 heterocycles. The van der Waals surface area contributed by atoms with Gasteiger partial charge in [0.05, 0.1) is 6.07 Å². The van der Waals surface area contributed by atoms with Gasteiger partial charge in [-0.3, -0.25) is 4.79 Å². The molecule has 0 radical (unpaired) electrons. The van der Waals surface area contributed by atoms with E-state index < -0.39 is 24.0 Å². The average molecular weight is 184 g/mol. The molecule has 0 aromatic heterocycles. The number of hydrogen-bond donors (Lipinski definition) is 3. The molecular formula is C7H12N4O2. The highest BCUT2D eigenvalue weighted by molar-refractivity contribution is 5.85. The molecule has 0 rings (SSSR count). The quantitative estimate of drug-likeness (QED) is 0.527. The average Bonchev–Trinajstić information content (AvgIpc) is 2.03. The van der Waals surface area contributed by atoms with Crippen LogP contribution in [-0.2, 0) is 4.79 Å². The van der Waals surface area contributed by atoms with E-state index in [2.05, 4.69) is 10.6 Å². The molecule has 6 nitrogen and oxygen atoms in total. The van der Waals surface area contributed by atoms with Gasteiger partial charge in [-0.1, -0.05) is 0 Å². The van der Waals surface area contributed by atoms with Crippen LogP contribution in [0.2, 0.25) is 0 Å². The summed E-state index contributed by atoms with van der Waals surface area (Å²) in [7, 11) is 0. The smallest absolute Gasteiger partial charge is 0.316 e. The minimum atomic E-state index is -0.745. The van der Waals surface area contributed by atoms with Crippen molar-refractivity contribution < 1.29 is 9.59 Å². The summed E-state index contributed by atoms with van der Waals surface area (Å²) in [6.07, 6.45) is 0. The molecule has 0 spiro atoms. The van der Waals surface area contributed by atoms with E-state index in [1.54, 1.807) is 0 Å². The number of nitriles is 1. The van der Waals surface area contributed by atoms with Crippen LogP contribution in [0.15, 0.2) is 0 Å². The molecule has 2 atom stereocenters. The number of amides is 3. The van der Waals surface area contributed by atoms with Gasteiger partial charge in [0.25, 0.3) is 0 Å². The van der Waals surface area contributed by atoms with Crippen molar-refractivity contribution in [1.29, 1.82) is 5.26 Å². The molecule has 72 valence electrons. The molecule has 0 aliphatic rings. The van der Waals surface area contributed by atoms with Crippen LogP contribution < -0.4 is 16.4 Å². The zero-order chi connectivity index (χ0) is 10.4. The Labute approximate surface area is 76.1 Å². The van der Waals surface area contributed by atoms with Crippen LogP contribution in [0.1, 0.15) is 13.8 Å². The maximum Gasteiger partial charge on any atom is 0.316 e. The summed E-state index contributed by atoms with van der Waals surface area (Å²) in [4.78, 5) is 21.5. The van der Waals surface area contributed by atoms with Crippen LogP contribution in [0, 0.1) is 11.3 Å². The van der Waals surface area contributed by atoms with E-state index in [1.165, 1.54) is 13.8 Å². The summed E-state index contributed by atoms with van der Waals surface area (Å²) in [6.45, 7) is 2.98. The Morgan fingerprint density at radius 2 is 1.92 bits per heavy atom. The van der Waals surface area contributed by atoms with Gasteiger partial charge in [-0.05, 0) is 13.8 Å². The highest BCUT2D eigenvalue weighted by Gasteiger charge is 2.12. The third-order valence-electron chi connectivity index (χ3n) is 1.32. The van der Waals surface area contributed by atoms with Gasteiger partial charge in [-0.25, -0.2) is 4.79 Å². The largest absolute Gasteiger partial charge is 0.368 e. The van der Waals surface area contributed by atoms with Crippen molar-refractivity contribution in [3.63, 3.8) is 0 Å². The molecular weight excluding hydrogens is 172 g/mol. The Balaban J connectivity index is 3.89. The molecule has 0 aromatic rings. The van der Waals surface area contributed by atoms with Gasteiger partial charge in [-0.15, -0.1) is 0 Å². The molecule has 3 amide bonds. The molecule has 4 N–H and O–H groups in total. The first-order valence-electron chi connectivity index (χ1n) is 3.73. The molecule has 0 bridgehead atoms. The number of nitrogens with one attached hydrogen (secondary N) is 2. The normalized spacial score (nSPS) is 13.6. The van der Waals surface area contributed by atoms with Gasteiger partial charge in [0.1, 0.15) is 12.1 Å². The van der Waals surface area contributed by atoms with E-state index >= 15 is 0 Å². The molecule has 0 unspecified atom stereocenters. The first kappa shape index (κ1) is 11.2. The fourth-order valence-electron chi connectivity index (χ4n) is 0.538. The second-order valence-electron chi connectivity index (χ2n) is 2.59. The Hall–Kier alpha value is -1.77. The van der Waals surface area contributed by atoms with E-state index in [4.69, 9.17) is 11.0 Å². The highest BCUT2D eigenvalue weighted by atomic mass is 16.2. The van der Waals surface area contributed by atoms with Gasteiger partial charge < -0.3 is 16.4 Å². The summed E-state index contributed by atoms with van der Waals surface area (Å²) >= 11 is 0. The Bertz CT molecular complexity index is 245. The Kier molecular flexibility index (Phi) is 4.30. The van der Waals surface area contributed by atoms with Crippen LogP contribution in [0.4, 0.5) is 4.79 Å². The van der Waals surface area contributed by atoms with Crippen molar-refractivity contribution in [2.24, 2.45) is 5.73 Å². The lowest BCUT2D eigenvalue weighted by Crippen LogP contribution is -2.48. The number of urea groups is 1. The topological polar surface area (TPSA) is 108 Å². The number of rotatable bonds is 3. The summed E-state index contributed by atoms with van der Waals surface area (Å²) in [5.41, 5.74) is 4.90. The molecule has 0 aliphatic heterocycles. The van der Waals surface area contributed by atoms with Crippen LogP contribution in [0.25, 0.3) is 0 Å². The van der Waals surface area contributed by atoms with E-state index in [0.717, 1.165) is 0 Å². The maximum absolute atomic E-state index is 10.9. The monoisotopic (exact) mass is 184 g/mol. The van der Waals surface area contributed by atoms with Crippen molar-refractivity contribution in [2.45, 2.75) is 25.9 Å². The summed E-state index contributed by atoms with van der Waals surface area (Å²) < 4.78 is 0. The summed E-state index contributed by atoms with van der Waals surface area (Å²) in [5.74, 6) is -0.625. The van der Waals surface area contributed by atoms with Crippen molar-refractivity contribution >= 4 is 11.9 Å². The van der Waals surface area contributed by atoms with Crippen LogP contribution in [0.3, 0.4) is 0 Å². The van der Waals surface area contributed by atoms with Crippen molar-refractivity contribution in [3.8, 4) is 6.07 Å². The zero-order valence-corrected chi connectivity index (χ0v) is 7.50. The number of carbonyl (C=O) groups is 2. The van der Waals surface area contributed by atoms with Crippen molar-refractivity contribution in [3.05, 3.63) is 0 Å². The standard InChI is InChI=1S/C7H12N4O2/c1-4(3-8)10-7(13)11-5(2)6(9)12/h4-5H,1-2H3,(H2,9,12)(H2,10,11,13)/t4-,5-/m1/s1. The number of primary amides is 1. The number of hydrogen-bond acceptors (Lipinski definition) is 3. The fourth-order valence-corrected chi connectivity index (χ4v) is 0.538. The first-order valence-corrected chi connectivity index (χ1v) is 3.73. The van der Waals surface area contributed by atoms with Crippen molar-refractivity contribution in [1.82, 2.24) is 10.6 Å². The molecule has 6 heteroatoms. The van der Waals surface area contributed by atoms with Crippen LogP contribution >= 0.6 is 0 Å². The van der Waals surface area contributed by atoms with Crippen molar-refractivity contribution in [2.75, 3.05) is 0 Å². The number of nitrogens with two attached hydrogens (primary N) is 1. The molecule has 0 saturated heterocycles. The molecule has 0 saturated carbocycles. The van der Waals surface area contributed by atoms with Gasteiger partial charge in [0, 0.05) is 0 Å². The highest BCUT2D eigenvalue weighted by Crippen LogP contribution is 1.81. The van der Waals surface area contributed by atoms with Gasteiger partial charge in [0.15, 0.2) is 0 Å². The third-order valence-corrected chi connectivity index (χ3v) is 1.32. The minimum Gasteiger partial charge on any atom is -0.368 e. The molecule has 0 aliphatic carbocycles. The maximum atomic E-state index is 10.9. The van der Waals surface area contributed by atoms with E-state index in [-0.39, 0.29) is 0 Å². The zero-order valence-electron chi connectivity index (χ0n) is 7.50. The second kappa shape index (κ2) is 4.98. The SMILES string of the molecule is C[C@H](C#N)NC(=O)N[C@H](C)C(N)=O. The Morgan fingerprint density at radius 1 is 1.38 bits per heavy atom. The fraction of sp³-hybridized carbons (Fsp3) is 0.571. The van der Waals surface area contributed by atoms with Gasteiger partial charge in [-0.2, -0.15) is 5.26 Å². The first-order chi connectivity index (χ1) is 5.97. The number of carbonyl (C=O) groups excluding carboxylic acids is 2. The van der Waals surface area contributed by atoms with E-state index in [0.29, 0.717) is 0 Å². The van der Waals surface area contributed by atoms with E-state index in [1.807, 2.05) is 6.07 Å². The minimum absolute atomic E-state index is 0.583. The molecule has 0 fully saturated rings. The predicted octanol–water partition coefficient (Wildman–Crippen LogP) is -0.929. The second-order valence-corrected chi connectivity index (χ2v) is 2.59. The molecule has 0 aromatic carbocycles. The van der Waals surface area contributed by atoms with Crippen LogP contribution in [0.5, 0.6) is 0 Å². The molecule has 13 heavy (non-hydrogen) atoms. The van der Waals surface area contributed by atoms with Gasteiger partial charge in [0.2, 0.25) is 5.91 Å². The lowest BCUT2D eigenvalue weighted by molar-refractivity contribution is -0.119. The third kappa shape index (κ3) is 4.63. The lowest BCUT2D eigenvalue weighted by atomic mass is 10.3. The van der Waals surface area contributed by atoms with Gasteiger partial charge >= 0.3 is 6.03 Å². The lowest BCUT2D eigenvalue weighted by Gasteiger charge is -2.11. The summed E-state index contributed by atoms with van der Waals surface area (Å²) in [5, 5.41) is 12.9. The van der Waals surface area contributed by atoms with E-state index in [9.17, 15) is 9.59 Å². The van der Waals surface area contributed by atoms with Crippen LogP contribution in [-0.4, -0.2) is 24.0 Å².